The Morgan fingerprint density at radius 2 is 2.14 bits per heavy atom. The molecule has 6 nitrogen and oxygen atoms in total. The molecule has 2 heterocycles. The molecule has 3 rings (SSSR count). The highest BCUT2D eigenvalue weighted by molar-refractivity contribution is 5.74. The zero-order valence-electron chi connectivity index (χ0n) is 12.1. The molecule has 0 aliphatic rings. The highest BCUT2D eigenvalue weighted by atomic mass is 16.1. The number of H-pyrrole nitrogens is 1. The number of aromatic amines is 1. The second-order valence-corrected chi connectivity index (χ2v) is 4.99. The molecular formula is C16H15N5O. The van der Waals surface area contributed by atoms with E-state index in [1.807, 2.05) is 31.2 Å². The second-order valence-electron chi connectivity index (χ2n) is 4.99. The quantitative estimate of drug-likeness (QED) is 0.770. The summed E-state index contributed by atoms with van der Waals surface area (Å²) in [5, 5.41) is 12.2. The van der Waals surface area contributed by atoms with Crippen molar-refractivity contribution in [2.45, 2.75) is 13.5 Å². The maximum atomic E-state index is 12.0. The fraction of sp³-hybridized carbons (Fsp3) is 0.188. The summed E-state index contributed by atoms with van der Waals surface area (Å²) in [6.07, 6.45) is 0. The summed E-state index contributed by atoms with van der Waals surface area (Å²) < 4.78 is 1.67. The number of hydrogen-bond donors (Lipinski definition) is 2. The normalized spacial score (nSPS) is 10.5. The first-order valence-electron chi connectivity index (χ1n) is 6.98. The zero-order chi connectivity index (χ0) is 15.5. The summed E-state index contributed by atoms with van der Waals surface area (Å²) in [5.41, 5.74) is 2.88. The fourth-order valence-corrected chi connectivity index (χ4v) is 2.40. The average molecular weight is 293 g/mol. The van der Waals surface area contributed by atoms with E-state index in [1.165, 1.54) is 0 Å². The number of nitrogens with zero attached hydrogens (tertiary/aromatic N) is 3. The van der Waals surface area contributed by atoms with Gasteiger partial charge in [0.15, 0.2) is 0 Å². The first-order chi connectivity index (χ1) is 10.7. The van der Waals surface area contributed by atoms with E-state index in [1.54, 1.807) is 16.7 Å². The number of nitriles is 1. The molecule has 110 valence electrons. The number of aromatic nitrogens is 3. The van der Waals surface area contributed by atoms with Crippen LogP contribution in [-0.2, 0) is 6.54 Å². The van der Waals surface area contributed by atoms with Gasteiger partial charge < -0.3 is 10.3 Å². The van der Waals surface area contributed by atoms with Gasteiger partial charge in [-0.2, -0.15) is 5.26 Å². The summed E-state index contributed by atoms with van der Waals surface area (Å²) in [4.78, 5) is 19.1. The predicted molar refractivity (Wildman–Crippen MR) is 84.7 cm³/mol. The number of aryl methyl sites for hydroxylation is 1. The monoisotopic (exact) mass is 293 g/mol. The molecule has 0 aliphatic carbocycles. The van der Waals surface area contributed by atoms with Crippen molar-refractivity contribution in [3.63, 3.8) is 0 Å². The van der Waals surface area contributed by atoms with Crippen LogP contribution >= 0.6 is 0 Å². The van der Waals surface area contributed by atoms with Gasteiger partial charge in [0.2, 0.25) is 0 Å². The van der Waals surface area contributed by atoms with Gasteiger partial charge in [0.1, 0.15) is 11.9 Å². The topological polar surface area (TPSA) is 86.5 Å². The fourth-order valence-electron chi connectivity index (χ4n) is 2.40. The van der Waals surface area contributed by atoms with Crippen molar-refractivity contribution in [1.29, 1.82) is 5.26 Å². The molecule has 0 unspecified atom stereocenters. The van der Waals surface area contributed by atoms with Crippen LogP contribution in [0.15, 0.2) is 41.2 Å². The van der Waals surface area contributed by atoms with Crippen LogP contribution in [0.3, 0.4) is 0 Å². The van der Waals surface area contributed by atoms with Crippen LogP contribution in [0.1, 0.15) is 11.3 Å². The van der Waals surface area contributed by atoms with E-state index >= 15 is 0 Å². The lowest BCUT2D eigenvalue weighted by Gasteiger charge is -2.08. The molecule has 2 N–H and O–H groups in total. The number of benzene rings is 1. The van der Waals surface area contributed by atoms with E-state index in [0.717, 1.165) is 16.7 Å². The second kappa shape index (κ2) is 5.74. The van der Waals surface area contributed by atoms with Crippen LogP contribution in [0, 0.1) is 18.3 Å². The summed E-state index contributed by atoms with van der Waals surface area (Å²) >= 11 is 0. The lowest BCUT2D eigenvalue weighted by atomic mass is 10.2. The molecule has 0 radical (unpaired) electrons. The van der Waals surface area contributed by atoms with E-state index in [9.17, 15) is 4.79 Å². The lowest BCUT2D eigenvalue weighted by molar-refractivity contribution is 0.719. The largest absolute Gasteiger partial charge is 0.367 e. The number of hydrogen-bond acceptors (Lipinski definition) is 4. The predicted octanol–water partition coefficient (Wildman–Crippen LogP) is 2.02. The Kier molecular flexibility index (Phi) is 3.62. The molecule has 0 bridgehead atoms. The van der Waals surface area contributed by atoms with E-state index in [4.69, 9.17) is 5.26 Å². The molecule has 6 heteroatoms. The van der Waals surface area contributed by atoms with Crippen molar-refractivity contribution in [3.05, 3.63) is 58.1 Å². The Balaban J connectivity index is 1.79. The number of rotatable bonds is 4. The third-order valence-corrected chi connectivity index (χ3v) is 3.46. The average Bonchev–Trinajstić information content (AvgIpc) is 2.83. The van der Waals surface area contributed by atoms with E-state index in [2.05, 4.69) is 21.4 Å². The molecule has 0 amide bonds. The van der Waals surface area contributed by atoms with Crippen LogP contribution < -0.4 is 11.0 Å². The SMILES string of the molecule is Cc1ccc(C#N)c(NCCn2c(=O)[nH]c3ccccc32)n1. The number of para-hydroxylation sites is 2. The van der Waals surface area contributed by atoms with Crippen LogP contribution in [0.2, 0.25) is 0 Å². The van der Waals surface area contributed by atoms with E-state index in [0.29, 0.717) is 24.5 Å². The molecule has 0 atom stereocenters. The van der Waals surface area contributed by atoms with Crippen molar-refractivity contribution in [2.24, 2.45) is 0 Å². The number of anilines is 1. The van der Waals surface area contributed by atoms with Crippen molar-refractivity contribution in [1.82, 2.24) is 14.5 Å². The van der Waals surface area contributed by atoms with Gasteiger partial charge in [-0.05, 0) is 31.2 Å². The molecule has 0 saturated carbocycles. The van der Waals surface area contributed by atoms with Crippen molar-refractivity contribution in [3.8, 4) is 6.07 Å². The van der Waals surface area contributed by atoms with Gasteiger partial charge in [0, 0.05) is 18.8 Å². The van der Waals surface area contributed by atoms with Gasteiger partial charge in [0.25, 0.3) is 0 Å². The minimum atomic E-state index is -0.138. The van der Waals surface area contributed by atoms with Crippen molar-refractivity contribution < 1.29 is 0 Å². The Hall–Kier alpha value is -3.07. The molecule has 0 saturated heterocycles. The van der Waals surface area contributed by atoms with Crippen molar-refractivity contribution >= 4 is 16.9 Å². The Morgan fingerprint density at radius 3 is 2.95 bits per heavy atom. The molecular weight excluding hydrogens is 278 g/mol. The number of fused-ring (bicyclic) bond motifs is 1. The maximum Gasteiger partial charge on any atom is 0.326 e. The number of nitrogens with one attached hydrogen (secondary N) is 2. The highest BCUT2D eigenvalue weighted by Crippen LogP contribution is 2.12. The van der Waals surface area contributed by atoms with Crippen LogP contribution in [0.5, 0.6) is 0 Å². The standard InChI is InChI=1S/C16H15N5O/c1-11-6-7-12(10-17)15(19-11)18-8-9-21-14-5-3-2-4-13(14)20-16(21)22/h2-7H,8-9H2,1H3,(H,18,19)(H,20,22). The molecule has 1 aromatic carbocycles. The van der Waals surface area contributed by atoms with Gasteiger partial charge in [0.05, 0.1) is 16.6 Å². The first-order valence-corrected chi connectivity index (χ1v) is 6.98. The molecule has 22 heavy (non-hydrogen) atoms. The van der Waals surface area contributed by atoms with Gasteiger partial charge >= 0.3 is 5.69 Å². The van der Waals surface area contributed by atoms with Crippen LogP contribution in [0.4, 0.5) is 5.82 Å². The third-order valence-electron chi connectivity index (χ3n) is 3.46. The summed E-state index contributed by atoms with van der Waals surface area (Å²) in [6.45, 7) is 2.87. The summed E-state index contributed by atoms with van der Waals surface area (Å²) in [5.74, 6) is 0.551. The number of imidazole rings is 1. The molecule has 0 spiro atoms. The first kappa shape index (κ1) is 13.9. The molecule has 0 fully saturated rings. The maximum absolute atomic E-state index is 12.0. The molecule has 0 aliphatic heterocycles. The minimum Gasteiger partial charge on any atom is -0.367 e. The van der Waals surface area contributed by atoms with E-state index < -0.39 is 0 Å². The Morgan fingerprint density at radius 1 is 1.32 bits per heavy atom. The summed E-state index contributed by atoms with van der Waals surface area (Å²) in [6, 6.07) is 13.2. The lowest BCUT2D eigenvalue weighted by Crippen LogP contribution is -2.21. The van der Waals surface area contributed by atoms with Gasteiger partial charge in [-0.3, -0.25) is 4.57 Å². The van der Waals surface area contributed by atoms with Crippen LogP contribution in [0.25, 0.3) is 11.0 Å². The molecule has 2 aromatic heterocycles. The molecule has 3 aromatic rings. The summed E-state index contributed by atoms with van der Waals surface area (Å²) in [7, 11) is 0. The third kappa shape index (κ3) is 2.56. The Bertz CT molecular complexity index is 916. The Labute approximate surface area is 127 Å². The minimum absolute atomic E-state index is 0.138. The van der Waals surface area contributed by atoms with Gasteiger partial charge in [-0.1, -0.05) is 12.1 Å². The van der Waals surface area contributed by atoms with Gasteiger partial charge in [-0.15, -0.1) is 0 Å². The van der Waals surface area contributed by atoms with Crippen LogP contribution in [-0.4, -0.2) is 21.1 Å². The highest BCUT2D eigenvalue weighted by Gasteiger charge is 2.07. The number of pyridine rings is 1. The van der Waals surface area contributed by atoms with Gasteiger partial charge in [-0.25, -0.2) is 9.78 Å². The zero-order valence-corrected chi connectivity index (χ0v) is 12.1. The van der Waals surface area contributed by atoms with Crippen molar-refractivity contribution in [2.75, 3.05) is 11.9 Å². The van der Waals surface area contributed by atoms with E-state index in [-0.39, 0.29) is 5.69 Å². The smallest absolute Gasteiger partial charge is 0.326 e.